The number of rotatable bonds is 6. The van der Waals surface area contributed by atoms with E-state index >= 15 is 0 Å². The molecule has 7 atom stereocenters. The molecule has 180 valence electrons. The van der Waals surface area contributed by atoms with Crippen molar-refractivity contribution in [2.24, 2.45) is 16.7 Å². The second-order valence-electron chi connectivity index (χ2n) is 11.1. The zero-order valence-electron chi connectivity index (χ0n) is 20.8. The summed E-state index contributed by atoms with van der Waals surface area (Å²) in [4.78, 5) is 13.0. The molecule has 4 aliphatic rings. The fourth-order valence-electron chi connectivity index (χ4n) is 7.25. The number of esters is 1. The van der Waals surface area contributed by atoms with Gasteiger partial charge in [-0.1, -0.05) is 34.3 Å². The maximum atomic E-state index is 13.0. The van der Waals surface area contributed by atoms with Crippen LogP contribution in [-0.4, -0.2) is 49.9 Å². The Hall–Kier alpha value is -0.953. The molecule has 0 amide bonds. The quantitative estimate of drug-likeness (QED) is 0.336. The van der Waals surface area contributed by atoms with Gasteiger partial charge in [0.25, 0.3) is 0 Å². The van der Waals surface area contributed by atoms with Crippen molar-refractivity contribution >= 4 is 14.3 Å². The molecule has 0 aromatic rings. The highest BCUT2D eigenvalue weighted by Gasteiger charge is 2.72. The van der Waals surface area contributed by atoms with Gasteiger partial charge in [0.05, 0.1) is 29.8 Å². The van der Waals surface area contributed by atoms with Crippen LogP contribution in [0.4, 0.5) is 0 Å². The molecule has 0 aromatic carbocycles. The lowest BCUT2D eigenvalue weighted by Gasteiger charge is -2.63. The van der Waals surface area contributed by atoms with Crippen LogP contribution in [0, 0.1) is 16.7 Å². The highest BCUT2D eigenvalue weighted by molar-refractivity contribution is 6.73. The number of carbonyl (C=O) groups excluding carboxylic acids is 1. The van der Waals surface area contributed by atoms with Crippen molar-refractivity contribution in [1.29, 1.82) is 0 Å². The van der Waals surface area contributed by atoms with E-state index in [4.69, 9.17) is 13.9 Å². The first-order valence-electron chi connectivity index (χ1n) is 12.6. The summed E-state index contributed by atoms with van der Waals surface area (Å²) in [6, 6.07) is 3.17. The fourth-order valence-corrected chi connectivity index (χ4v) is 10.0. The van der Waals surface area contributed by atoms with Gasteiger partial charge in [-0.3, -0.25) is 4.79 Å². The molecule has 6 heteroatoms. The van der Waals surface area contributed by atoms with Gasteiger partial charge in [-0.2, -0.15) is 0 Å². The maximum absolute atomic E-state index is 13.0. The van der Waals surface area contributed by atoms with Crippen LogP contribution >= 0.6 is 0 Å². The Morgan fingerprint density at radius 2 is 1.88 bits per heavy atom. The Bertz CT molecular complexity index is 811. The predicted molar refractivity (Wildman–Crippen MR) is 128 cm³/mol. The van der Waals surface area contributed by atoms with Crippen molar-refractivity contribution in [1.82, 2.24) is 0 Å². The minimum Gasteiger partial charge on any atom is -0.465 e. The SMILES string of the molecule is C=C(C)[C@H]1O[C@H]2CC[C@@]3(C)[C@@](O)(CC[C@H]4COC(=O)[C@@]43C)C2=C[C@H]1O[Si](CC)(CC)CC. The first-order chi connectivity index (χ1) is 15.0. The molecule has 5 nitrogen and oxygen atoms in total. The molecule has 1 N–H and O–H groups in total. The van der Waals surface area contributed by atoms with Crippen LogP contribution in [0.5, 0.6) is 0 Å². The van der Waals surface area contributed by atoms with Crippen molar-refractivity contribution in [3.8, 4) is 0 Å². The first kappa shape index (κ1) is 24.2. The Morgan fingerprint density at radius 1 is 1.22 bits per heavy atom. The number of fused-ring (bicyclic) bond motifs is 5. The molecule has 32 heavy (non-hydrogen) atoms. The van der Waals surface area contributed by atoms with E-state index in [-0.39, 0.29) is 30.2 Å². The van der Waals surface area contributed by atoms with E-state index in [1.54, 1.807) is 0 Å². The van der Waals surface area contributed by atoms with E-state index in [0.29, 0.717) is 13.0 Å². The van der Waals surface area contributed by atoms with E-state index in [9.17, 15) is 9.90 Å². The summed E-state index contributed by atoms with van der Waals surface area (Å²) >= 11 is 0. The van der Waals surface area contributed by atoms with Crippen LogP contribution < -0.4 is 0 Å². The number of hydrogen-bond acceptors (Lipinski definition) is 5. The summed E-state index contributed by atoms with van der Waals surface area (Å²) in [5, 5.41) is 12.4. The molecular weight excluding hydrogens is 420 g/mol. The lowest BCUT2D eigenvalue weighted by Crippen LogP contribution is -2.68. The average Bonchev–Trinajstić information content (AvgIpc) is 3.08. The van der Waals surface area contributed by atoms with E-state index in [1.807, 2.05) is 13.8 Å². The van der Waals surface area contributed by atoms with Crippen molar-refractivity contribution < 1.29 is 23.8 Å². The third kappa shape index (κ3) is 3.09. The zero-order valence-corrected chi connectivity index (χ0v) is 21.8. The largest absolute Gasteiger partial charge is 0.465 e. The zero-order chi connectivity index (χ0) is 23.5. The molecule has 3 fully saturated rings. The summed E-state index contributed by atoms with van der Waals surface area (Å²) in [5.74, 6) is 0.0124. The van der Waals surface area contributed by atoms with Crippen molar-refractivity contribution in [2.75, 3.05) is 6.61 Å². The van der Waals surface area contributed by atoms with E-state index in [2.05, 4.69) is 40.3 Å². The second-order valence-corrected chi connectivity index (χ2v) is 15.8. The minimum absolute atomic E-state index is 0.152. The van der Waals surface area contributed by atoms with Gasteiger partial charge >= 0.3 is 5.97 Å². The molecule has 0 radical (unpaired) electrons. The monoisotopic (exact) mass is 462 g/mol. The minimum atomic E-state index is -1.90. The smallest absolute Gasteiger partial charge is 0.312 e. The van der Waals surface area contributed by atoms with Crippen molar-refractivity contribution in [2.45, 2.75) is 109 Å². The summed E-state index contributed by atoms with van der Waals surface area (Å²) in [6.45, 7) is 17.5. The molecular formula is C26H42O5Si. The standard InChI is InChI=1S/C26H42O5Si/c1-8-32(9-2,10-3)31-21-15-19-20(30-22(21)17(4)5)12-13-24(6)25(7)18(16-29-23(25)27)11-14-26(19,24)28/h15,18,20-22,28H,4,8-14,16H2,1-3,5-7H3/t18-,20-,21+,22+,24+,25+,26+/m0/s1. The van der Waals surface area contributed by atoms with Crippen LogP contribution in [0.25, 0.3) is 0 Å². The number of hydrogen-bond donors (Lipinski definition) is 1. The highest BCUT2D eigenvalue weighted by atomic mass is 28.4. The van der Waals surface area contributed by atoms with Crippen molar-refractivity contribution in [3.05, 3.63) is 23.8 Å². The number of ether oxygens (including phenoxy) is 2. The maximum Gasteiger partial charge on any atom is 0.312 e. The third-order valence-corrected chi connectivity index (χ3v) is 14.7. The number of cyclic esters (lactones) is 1. The molecule has 0 bridgehead atoms. The normalized spacial score (nSPS) is 43.6. The fraction of sp³-hybridized carbons (Fsp3) is 0.808. The molecule has 4 rings (SSSR count). The van der Waals surface area contributed by atoms with Gasteiger partial charge in [0.2, 0.25) is 0 Å². The van der Waals surface area contributed by atoms with Gasteiger partial charge in [0.1, 0.15) is 6.10 Å². The summed E-state index contributed by atoms with van der Waals surface area (Å²) < 4.78 is 19.1. The molecule has 1 saturated heterocycles. The summed E-state index contributed by atoms with van der Waals surface area (Å²) in [6.07, 6.45) is 4.52. The van der Waals surface area contributed by atoms with Crippen LogP contribution in [0.1, 0.15) is 67.2 Å². The van der Waals surface area contributed by atoms with Crippen LogP contribution in [0.3, 0.4) is 0 Å². The molecule has 0 aromatic heterocycles. The Labute approximate surface area is 194 Å². The summed E-state index contributed by atoms with van der Waals surface area (Å²) in [7, 11) is -1.90. The van der Waals surface area contributed by atoms with Gasteiger partial charge in [-0.15, -0.1) is 0 Å². The van der Waals surface area contributed by atoms with E-state index < -0.39 is 24.7 Å². The van der Waals surface area contributed by atoms with E-state index in [1.165, 1.54) is 0 Å². The molecule has 0 unspecified atom stereocenters. The predicted octanol–water partition coefficient (Wildman–Crippen LogP) is 5.15. The Balaban J connectivity index is 1.78. The molecule has 2 aliphatic carbocycles. The topological polar surface area (TPSA) is 65.0 Å². The third-order valence-electron chi connectivity index (χ3n) is 10.1. The van der Waals surface area contributed by atoms with Crippen LogP contribution in [0.2, 0.25) is 18.1 Å². The lowest BCUT2D eigenvalue weighted by atomic mass is 9.43. The van der Waals surface area contributed by atoms with Crippen molar-refractivity contribution in [3.63, 3.8) is 0 Å². The van der Waals surface area contributed by atoms with E-state index in [0.717, 1.165) is 48.5 Å². The number of aliphatic hydroxyl groups is 1. The van der Waals surface area contributed by atoms with Gasteiger partial charge in [-0.25, -0.2) is 0 Å². The molecule has 0 spiro atoms. The van der Waals surface area contributed by atoms with Gasteiger partial charge in [0.15, 0.2) is 8.32 Å². The van der Waals surface area contributed by atoms with Crippen LogP contribution in [-0.2, 0) is 18.7 Å². The van der Waals surface area contributed by atoms with Crippen LogP contribution in [0.15, 0.2) is 23.8 Å². The Morgan fingerprint density at radius 3 is 2.47 bits per heavy atom. The lowest BCUT2D eigenvalue weighted by molar-refractivity contribution is -0.207. The van der Waals surface area contributed by atoms with Gasteiger partial charge < -0.3 is 19.0 Å². The van der Waals surface area contributed by atoms with Gasteiger partial charge in [-0.05, 0) is 74.9 Å². The average molecular weight is 463 g/mol. The summed E-state index contributed by atoms with van der Waals surface area (Å²) in [5.41, 5.74) is -0.466. The van der Waals surface area contributed by atoms with Gasteiger partial charge in [0, 0.05) is 11.3 Å². The Kier molecular flexibility index (Phi) is 6.10. The molecule has 2 saturated carbocycles. The number of carbonyl (C=O) groups is 1. The first-order valence-corrected chi connectivity index (χ1v) is 15.2. The highest BCUT2D eigenvalue weighted by Crippen LogP contribution is 2.67. The molecule has 2 aliphatic heterocycles. The second kappa shape index (κ2) is 8.07. The molecule has 2 heterocycles.